The third-order valence-corrected chi connectivity index (χ3v) is 2.38. The Morgan fingerprint density at radius 1 is 1.37 bits per heavy atom. The minimum Gasteiger partial charge on any atom is -0.349 e. The van der Waals surface area contributed by atoms with Crippen LogP contribution in [-0.2, 0) is 6.42 Å². The molecular formula is C12H12F2N4O. The van der Waals surface area contributed by atoms with Crippen molar-refractivity contribution in [3.05, 3.63) is 48.1 Å². The molecule has 19 heavy (non-hydrogen) atoms. The molecule has 5 nitrogen and oxygen atoms in total. The molecule has 0 atom stereocenters. The highest BCUT2D eigenvalue weighted by Gasteiger charge is 2.07. The lowest BCUT2D eigenvalue weighted by atomic mass is 10.3. The third-order valence-electron chi connectivity index (χ3n) is 2.38. The zero-order valence-corrected chi connectivity index (χ0v) is 9.91. The van der Waals surface area contributed by atoms with Crippen LogP contribution < -0.4 is 10.6 Å². The molecule has 0 unspecified atom stereocenters. The minimum atomic E-state index is -0.818. The molecule has 0 saturated carbocycles. The number of amides is 2. The van der Waals surface area contributed by atoms with Crippen molar-refractivity contribution in [2.75, 3.05) is 11.9 Å². The van der Waals surface area contributed by atoms with Crippen molar-refractivity contribution in [2.45, 2.75) is 6.42 Å². The first-order chi connectivity index (χ1) is 9.15. The SMILES string of the molecule is O=C(NCCc1ncc[nH]1)Nc1ccc(F)cc1F. The summed E-state index contributed by atoms with van der Waals surface area (Å²) in [5.74, 6) is -0.768. The number of halogens is 2. The van der Waals surface area contributed by atoms with Gasteiger partial charge in [-0.05, 0) is 12.1 Å². The fourth-order valence-electron chi connectivity index (χ4n) is 1.49. The van der Waals surface area contributed by atoms with Gasteiger partial charge in [-0.1, -0.05) is 0 Å². The first-order valence-corrected chi connectivity index (χ1v) is 5.63. The second-order valence-corrected chi connectivity index (χ2v) is 3.79. The van der Waals surface area contributed by atoms with Gasteiger partial charge in [-0.3, -0.25) is 0 Å². The summed E-state index contributed by atoms with van der Waals surface area (Å²) < 4.78 is 25.9. The van der Waals surface area contributed by atoms with Crippen LogP contribution in [0.15, 0.2) is 30.6 Å². The average Bonchev–Trinajstić information content (AvgIpc) is 2.86. The van der Waals surface area contributed by atoms with Crippen LogP contribution >= 0.6 is 0 Å². The summed E-state index contributed by atoms with van der Waals surface area (Å²) in [5.41, 5.74) is -0.0723. The lowest BCUT2D eigenvalue weighted by Gasteiger charge is -2.07. The summed E-state index contributed by atoms with van der Waals surface area (Å²) >= 11 is 0. The van der Waals surface area contributed by atoms with Crippen LogP contribution in [0.1, 0.15) is 5.82 Å². The van der Waals surface area contributed by atoms with Gasteiger partial charge >= 0.3 is 6.03 Å². The zero-order chi connectivity index (χ0) is 13.7. The van der Waals surface area contributed by atoms with E-state index in [0.29, 0.717) is 19.0 Å². The van der Waals surface area contributed by atoms with Crippen LogP contribution in [0.5, 0.6) is 0 Å². The van der Waals surface area contributed by atoms with Crippen molar-refractivity contribution in [1.82, 2.24) is 15.3 Å². The lowest BCUT2D eigenvalue weighted by molar-refractivity contribution is 0.252. The van der Waals surface area contributed by atoms with Crippen molar-refractivity contribution >= 4 is 11.7 Å². The normalized spacial score (nSPS) is 10.2. The van der Waals surface area contributed by atoms with Crippen LogP contribution in [-0.4, -0.2) is 22.5 Å². The summed E-state index contributed by atoms with van der Waals surface area (Å²) in [6.45, 7) is 0.349. The maximum absolute atomic E-state index is 13.3. The quantitative estimate of drug-likeness (QED) is 0.792. The van der Waals surface area contributed by atoms with Crippen LogP contribution in [0.3, 0.4) is 0 Å². The van der Waals surface area contributed by atoms with E-state index in [2.05, 4.69) is 20.6 Å². The molecule has 1 aromatic heterocycles. The lowest BCUT2D eigenvalue weighted by Crippen LogP contribution is -2.30. The summed E-state index contributed by atoms with van der Waals surface area (Å²) in [5, 5.41) is 4.84. The van der Waals surface area contributed by atoms with Gasteiger partial charge < -0.3 is 15.6 Å². The Morgan fingerprint density at radius 3 is 2.89 bits per heavy atom. The standard InChI is InChI=1S/C12H12F2N4O/c13-8-1-2-10(9(14)7-8)18-12(19)17-4-3-11-15-5-6-16-11/h1-2,5-7H,3-4H2,(H,15,16)(H2,17,18,19). The van der Waals surface area contributed by atoms with E-state index in [1.807, 2.05) is 0 Å². The number of carbonyl (C=O) groups excluding carboxylic acids is 1. The molecule has 0 aliphatic carbocycles. The van der Waals surface area contributed by atoms with Gasteiger partial charge in [-0.2, -0.15) is 0 Å². The fourth-order valence-corrected chi connectivity index (χ4v) is 1.49. The van der Waals surface area contributed by atoms with Gasteiger partial charge in [-0.15, -0.1) is 0 Å². The first kappa shape index (κ1) is 13.0. The summed E-state index contributed by atoms with van der Waals surface area (Å²) in [6, 6.07) is 2.38. The largest absolute Gasteiger partial charge is 0.349 e. The number of carbonyl (C=O) groups is 1. The predicted octanol–water partition coefficient (Wildman–Crippen LogP) is 2.05. The molecule has 0 aliphatic heterocycles. The van der Waals surface area contributed by atoms with Gasteiger partial charge in [-0.25, -0.2) is 18.6 Å². The number of benzene rings is 1. The molecular weight excluding hydrogens is 254 g/mol. The number of nitrogens with one attached hydrogen (secondary N) is 3. The van der Waals surface area contributed by atoms with E-state index < -0.39 is 17.7 Å². The smallest absolute Gasteiger partial charge is 0.319 e. The number of nitrogens with zero attached hydrogens (tertiary/aromatic N) is 1. The predicted molar refractivity (Wildman–Crippen MR) is 65.7 cm³/mol. The van der Waals surface area contributed by atoms with Crippen LogP contribution in [0, 0.1) is 11.6 Å². The number of urea groups is 1. The molecule has 100 valence electrons. The number of aromatic nitrogens is 2. The summed E-state index contributed by atoms with van der Waals surface area (Å²) in [4.78, 5) is 18.3. The Labute approximate surface area is 108 Å². The van der Waals surface area contributed by atoms with Gasteiger partial charge in [0.1, 0.15) is 17.5 Å². The molecule has 2 rings (SSSR count). The Hall–Kier alpha value is -2.44. The third kappa shape index (κ3) is 3.77. The molecule has 2 aromatic rings. The van der Waals surface area contributed by atoms with Gasteiger partial charge in [0, 0.05) is 31.4 Å². The first-order valence-electron chi connectivity index (χ1n) is 5.63. The molecule has 2 amide bonds. The Bertz CT molecular complexity index is 557. The van der Waals surface area contributed by atoms with E-state index >= 15 is 0 Å². The Morgan fingerprint density at radius 2 is 2.21 bits per heavy atom. The summed E-state index contributed by atoms with van der Waals surface area (Å²) in [7, 11) is 0. The fraction of sp³-hybridized carbons (Fsp3) is 0.167. The minimum absolute atomic E-state index is 0.0723. The van der Waals surface area contributed by atoms with Crippen molar-refractivity contribution < 1.29 is 13.6 Å². The number of hydrogen-bond acceptors (Lipinski definition) is 2. The van der Waals surface area contributed by atoms with Gasteiger partial charge in [0.05, 0.1) is 5.69 Å². The van der Waals surface area contributed by atoms with E-state index in [0.717, 1.165) is 18.0 Å². The topological polar surface area (TPSA) is 69.8 Å². The molecule has 1 heterocycles. The molecule has 0 bridgehead atoms. The van der Waals surface area contributed by atoms with E-state index in [4.69, 9.17) is 0 Å². The maximum Gasteiger partial charge on any atom is 0.319 e. The van der Waals surface area contributed by atoms with E-state index in [9.17, 15) is 13.6 Å². The number of H-pyrrole nitrogens is 1. The second-order valence-electron chi connectivity index (χ2n) is 3.79. The zero-order valence-electron chi connectivity index (χ0n) is 9.91. The van der Waals surface area contributed by atoms with Crippen LogP contribution in [0.25, 0.3) is 0 Å². The average molecular weight is 266 g/mol. The van der Waals surface area contributed by atoms with Crippen molar-refractivity contribution in [3.8, 4) is 0 Å². The van der Waals surface area contributed by atoms with Gasteiger partial charge in [0.2, 0.25) is 0 Å². The highest BCUT2D eigenvalue weighted by atomic mass is 19.1. The molecule has 0 saturated heterocycles. The van der Waals surface area contributed by atoms with Crippen molar-refractivity contribution in [3.63, 3.8) is 0 Å². The number of anilines is 1. The molecule has 0 aliphatic rings. The molecule has 3 N–H and O–H groups in total. The van der Waals surface area contributed by atoms with Crippen molar-refractivity contribution in [1.29, 1.82) is 0 Å². The number of imidazole rings is 1. The molecule has 0 fully saturated rings. The van der Waals surface area contributed by atoms with E-state index in [1.54, 1.807) is 12.4 Å². The van der Waals surface area contributed by atoms with Gasteiger partial charge in [0.25, 0.3) is 0 Å². The Kier molecular flexibility index (Phi) is 4.07. The molecule has 0 radical (unpaired) electrons. The Balaban J connectivity index is 1.80. The van der Waals surface area contributed by atoms with Crippen LogP contribution in [0.4, 0.5) is 19.3 Å². The molecule has 1 aromatic carbocycles. The van der Waals surface area contributed by atoms with Crippen LogP contribution in [0.2, 0.25) is 0 Å². The maximum atomic E-state index is 13.3. The summed E-state index contributed by atoms with van der Waals surface area (Å²) in [6.07, 6.45) is 3.83. The molecule has 7 heteroatoms. The second kappa shape index (κ2) is 5.94. The number of rotatable bonds is 4. The van der Waals surface area contributed by atoms with E-state index in [1.165, 1.54) is 0 Å². The number of aromatic amines is 1. The van der Waals surface area contributed by atoms with E-state index in [-0.39, 0.29) is 5.69 Å². The highest BCUT2D eigenvalue weighted by molar-refractivity contribution is 5.89. The number of hydrogen-bond donors (Lipinski definition) is 3. The van der Waals surface area contributed by atoms with Crippen molar-refractivity contribution in [2.24, 2.45) is 0 Å². The van der Waals surface area contributed by atoms with Gasteiger partial charge in [0.15, 0.2) is 0 Å². The highest BCUT2D eigenvalue weighted by Crippen LogP contribution is 2.14. The molecule has 0 spiro atoms. The monoisotopic (exact) mass is 266 g/mol.